The van der Waals surface area contributed by atoms with Crippen molar-refractivity contribution in [3.05, 3.63) is 63.4 Å². The van der Waals surface area contributed by atoms with Crippen LogP contribution in [0.2, 0.25) is 0 Å². The number of fused-ring (bicyclic) bond motifs is 1. The average molecular weight is 323 g/mol. The van der Waals surface area contributed by atoms with E-state index < -0.39 is 11.9 Å². The summed E-state index contributed by atoms with van der Waals surface area (Å²) in [5.41, 5.74) is 1.94. The van der Waals surface area contributed by atoms with Gasteiger partial charge in [0.2, 0.25) is 0 Å². The Hall–Kier alpha value is -1.39. The topological polar surface area (TPSA) is 29.5 Å². The first-order valence-corrected chi connectivity index (χ1v) is 6.83. The average Bonchev–Trinajstić information content (AvgIpc) is 2.86. The standard InChI is InChI=1S/C15H12BrFO2/c16-10-4-5-11(13(17)8-10)14(18)12-3-1-2-9-6-7-19-15(9)12/h1-5,8,14,18H,6-7H2. The molecule has 0 radical (unpaired) electrons. The first-order valence-electron chi connectivity index (χ1n) is 6.04. The van der Waals surface area contributed by atoms with E-state index in [2.05, 4.69) is 15.9 Å². The first kappa shape index (κ1) is 12.6. The van der Waals surface area contributed by atoms with Crippen LogP contribution in [0.25, 0.3) is 0 Å². The molecule has 2 nitrogen and oxygen atoms in total. The molecule has 1 aliphatic heterocycles. The molecule has 4 heteroatoms. The highest BCUT2D eigenvalue weighted by molar-refractivity contribution is 9.10. The second-order valence-electron chi connectivity index (χ2n) is 4.50. The molecule has 0 bridgehead atoms. The second kappa shape index (κ2) is 4.94. The largest absolute Gasteiger partial charge is 0.493 e. The van der Waals surface area contributed by atoms with E-state index in [1.165, 1.54) is 6.07 Å². The highest BCUT2D eigenvalue weighted by atomic mass is 79.9. The number of aliphatic hydroxyl groups excluding tert-OH is 1. The van der Waals surface area contributed by atoms with Gasteiger partial charge in [0.1, 0.15) is 17.7 Å². The molecule has 0 aliphatic carbocycles. The number of halogens is 2. The van der Waals surface area contributed by atoms with Crippen molar-refractivity contribution >= 4 is 15.9 Å². The summed E-state index contributed by atoms with van der Waals surface area (Å²) in [7, 11) is 0. The zero-order chi connectivity index (χ0) is 13.4. The molecule has 1 N–H and O–H groups in total. The maximum absolute atomic E-state index is 13.9. The van der Waals surface area contributed by atoms with Gasteiger partial charge in [-0.25, -0.2) is 4.39 Å². The molecule has 2 aromatic rings. The molecule has 19 heavy (non-hydrogen) atoms. The highest BCUT2D eigenvalue weighted by Crippen LogP contribution is 2.37. The minimum Gasteiger partial charge on any atom is -0.493 e. The number of aliphatic hydroxyl groups is 1. The van der Waals surface area contributed by atoms with E-state index in [0.29, 0.717) is 22.4 Å². The Bertz CT molecular complexity index is 628. The Labute approximate surface area is 119 Å². The fourth-order valence-electron chi connectivity index (χ4n) is 2.35. The summed E-state index contributed by atoms with van der Waals surface area (Å²) in [6.45, 7) is 0.613. The summed E-state index contributed by atoms with van der Waals surface area (Å²) in [6, 6.07) is 10.3. The van der Waals surface area contributed by atoms with E-state index in [1.54, 1.807) is 18.2 Å². The summed E-state index contributed by atoms with van der Waals surface area (Å²) in [6.07, 6.45) is -0.181. The summed E-state index contributed by atoms with van der Waals surface area (Å²) in [4.78, 5) is 0. The summed E-state index contributed by atoms with van der Waals surface area (Å²) < 4.78 is 20.1. The minimum atomic E-state index is -1.01. The molecule has 0 saturated heterocycles. The van der Waals surface area contributed by atoms with Gasteiger partial charge in [-0.15, -0.1) is 0 Å². The van der Waals surface area contributed by atoms with Crippen molar-refractivity contribution in [3.8, 4) is 5.75 Å². The van der Waals surface area contributed by atoms with Crippen LogP contribution < -0.4 is 4.74 Å². The molecular formula is C15H12BrFO2. The van der Waals surface area contributed by atoms with E-state index in [9.17, 15) is 9.50 Å². The zero-order valence-electron chi connectivity index (χ0n) is 10.1. The van der Waals surface area contributed by atoms with Crippen molar-refractivity contribution in [2.24, 2.45) is 0 Å². The van der Waals surface area contributed by atoms with Gasteiger partial charge in [-0.2, -0.15) is 0 Å². The number of hydrogen-bond acceptors (Lipinski definition) is 2. The van der Waals surface area contributed by atoms with Crippen LogP contribution in [0.3, 0.4) is 0 Å². The molecule has 0 saturated carbocycles. The van der Waals surface area contributed by atoms with Crippen LogP contribution in [0.15, 0.2) is 40.9 Å². The van der Waals surface area contributed by atoms with Crippen molar-refractivity contribution < 1.29 is 14.2 Å². The predicted molar refractivity (Wildman–Crippen MR) is 73.8 cm³/mol. The molecule has 0 fully saturated rings. The number of hydrogen-bond donors (Lipinski definition) is 1. The fourth-order valence-corrected chi connectivity index (χ4v) is 2.68. The SMILES string of the molecule is OC(c1ccc(Br)cc1F)c1cccc2c1OCC2. The maximum atomic E-state index is 13.9. The second-order valence-corrected chi connectivity index (χ2v) is 5.42. The van der Waals surface area contributed by atoms with Crippen molar-refractivity contribution in [2.75, 3.05) is 6.61 Å². The van der Waals surface area contributed by atoms with E-state index >= 15 is 0 Å². The zero-order valence-corrected chi connectivity index (χ0v) is 11.7. The number of rotatable bonds is 2. The van der Waals surface area contributed by atoms with Gasteiger partial charge < -0.3 is 9.84 Å². The van der Waals surface area contributed by atoms with E-state index in [-0.39, 0.29) is 5.56 Å². The van der Waals surface area contributed by atoms with Gasteiger partial charge in [0.25, 0.3) is 0 Å². The molecule has 0 amide bonds. The Morgan fingerprint density at radius 2 is 2.05 bits per heavy atom. The van der Waals surface area contributed by atoms with Gasteiger partial charge >= 0.3 is 0 Å². The lowest BCUT2D eigenvalue weighted by Crippen LogP contribution is -2.04. The summed E-state index contributed by atoms with van der Waals surface area (Å²) in [5.74, 6) is 0.259. The molecule has 3 rings (SSSR count). The van der Waals surface area contributed by atoms with Crippen molar-refractivity contribution in [1.29, 1.82) is 0 Å². The van der Waals surface area contributed by atoms with Crippen LogP contribution in [-0.2, 0) is 6.42 Å². The molecule has 1 unspecified atom stereocenters. The van der Waals surface area contributed by atoms with Gasteiger partial charge in [0.05, 0.1) is 6.61 Å². The third kappa shape index (κ3) is 2.26. The Balaban J connectivity index is 2.05. The number of benzene rings is 2. The molecule has 98 valence electrons. The number of ether oxygens (including phenoxy) is 1. The smallest absolute Gasteiger partial charge is 0.130 e. The summed E-state index contributed by atoms with van der Waals surface area (Å²) in [5, 5.41) is 10.4. The molecule has 0 spiro atoms. The molecular weight excluding hydrogens is 311 g/mol. The van der Waals surface area contributed by atoms with Crippen LogP contribution in [0.4, 0.5) is 4.39 Å². The first-order chi connectivity index (χ1) is 9.16. The summed E-state index contributed by atoms with van der Waals surface area (Å²) >= 11 is 3.21. The Morgan fingerprint density at radius 3 is 2.84 bits per heavy atom. The van der Waals surface area contributed by atoms with Crippen molar-refractivity contribution in [2.45, 2.75) is 12.5 Å². The van der Waals surface area contributed by atoms with Crippen LogP contribution in [0.1, 0.15) is 22.8 Å². The third-order valence-electron chi connectivity index (χ3n) is 3.30. The van der Waals surface area contributed by atoms with Gasteiger partial charge in [-0.1, -0.05) is 40.2 Å². The predicted octanol–water partition coefficient (Wildman–Crippen LogP) is 3.60. The molecule has 1 aliphatic rings. The molecule has 1 atom stereocenters. The molecule has 2 aromatic carbocycles. The lowest BCUT2D eigenvalue weighted by molar-refractivity contribution is 0.208. The lowest BCUT2D eigenvalue weighted by Gasteiger charge is -2.15. The van der Waals surface area contributed by atoms with Crippen LogP contribution >= 0.6 is 15.9 Å². The van der Waals surface area contributed by atoms with E-state index in [1.807, 2.05) is 12.1 Å². The maximum Gasteiger partial charge on any atom is 0.130 e. The minimum absolute atomic E-state index is 0.257. The highest BCUT2D eigenvalue weighted by Gasteiger charge is 2.23. The normalized spacial score (nSPS) is 14.9. The van der Waals surface area contributed by atoms with Gasteiger partial charge in [0.15, 0.2) is 0 Å². The van der Waals surface area contributed by atoms with Gasteiger partial charge in [-0.05, 0) is 17.7 Å². The van der Waals surface area contributed by atoms with Crippen LogP contribution in [0.5, 0.6) is 5.75 Å². The van der Waals surface area contributed by atoms with Crippen molar-refractivity contribution in [3.63, 3.8) is 0 Å². The van der Waals surface area contributed by atoms with Crippen molar-refractivity contribution in [1.82, 2.24) is 0 Å². The molecule has 1 heterocycles. The van der Waals surface area contributed by atoms with Gasteiger partial charge in [-0.3, -0.25) is 0 Å². The quantitative estimate of drug-likeness (QED) is 0.915. The fraction of sp³-hybridized carbons (Fsp3) is 0.200. The molecule has 0 aromatic heterocycles. The third-order valence-corrected chi connectivity index (χ3v) is 3.79. The van der Waals surface area contributed by atoms with Crippen LogP contribution in [-0.4, -0.2) is 11.7 Å². The number of para-hydroxylation sites is 1. The monoisotopic (exact) mass is 322 g/mol. The Kier molecular flexibility index (Phi) is 3.29. The van der Waals surface area contributed by atoms with Gasteiger partial charge in [0, 0.05) is 22.0 Å². The van der Waals surface area contributed by atoms with E-state index in [0.717, 1.165) is 12.0 Å². The van der Waals surface area contributed by atoms with E-state index in [4.69, 9.17) is 4.74 Å². The lowest BCUT2D eigenvalue weighted by atomic mass is 9.98. The van der Waals surface area contributed by atoms with Crippen LogP contribution in [0, 0.1) is 5.82 Å². The Morgan fingerprint density at radius 1 is 1.21 bits per heavy atom.